The molecule has 4 aromatic rings. The fourth-order valence-corrected chi connectivity index (χ4v) is 3.35. The molecule has 1 N–H and O–H groups in total. The molecule has 5 nitrogen and oxygen atoms in total. The lowest BCUT2D eigenvalue weighted by atomic mass is 10.1. The van der Waals surface area contributed by atoms with Gasteiger partial charge in [-0.15, -0.1) is 0 Å². The normalized spacial score (nSPS) is 11.0. The van der Waals surface area contributed by atoms with Crippen LogP contribution in [0.15, 0.2) is 71.3 Å². The van der Waals surface area contributed by atoms with Crippen LogP contribution < -0.4 is 10.1 Å². The lowest BCUT2D eigenvalue weighted by Gasteiger charge is -2.11. The van der Waals surface area contributed by atoms with Crippen LogP contribution in [0.4, 0.5) is 0 Å². The van der Waals surface area contributed by atoms with E-state index in [9.17, 15) is 4.79 Å². The van der Waals surface area contributed by atoms with E-state index in [-0.39, 0.29) is 5.91 Å². The zero-order chi connectivity index (χ0) is 20.2. The summed E-state index contributed by atoms with van der Waals surface area (Å²) in [6.07, 6.45) is 1.65. The molecule has 0 aliphatic heterocycles. The molecule has 148 valence electrons. The summed E-state index contributed by atoms with van der Waals surface area (Å²) in [5.41, 5.74) is 5.58. The van der Waals surface area contributed by atoms with Crippen LogP contribution in [-0.2, 0) is 13.1 Å². The van der Waals surface area contributed by atoms with E-state index in [0.29, 0.717) is 31.0 Å². The van der Waals surface area contributed by atoms with Crippen molar-refractivity contribution in [3.63, 3.8) is 0 Å². The topological polar surface area (TPSA) is 56.4 Å². The Morgan fingerprint density at radius 3 is 2.48 bits per heavy atom. The summed E-state index contributed by atoms with van der Waals surface area (Å²) < 4.78 is 13.0. The maximum Gasteiger partial charge on any atom is 0.268 e. The number of amides is 1. The Labute approximate surface area is 169 Å². The van der Waals surface area contributed by atoms with E-state index >= 15 is 0 Å². The quantitative estimate of drug-likeness (QED) is 0.489. The number of ether oxygens (including phenoxy) is 1. The van der Waals surface area contributed by atoms with Crippen molar-refractivity contribution in [1.82, 2.24) is 9.88 Å². The van der Waals surface area contributed by atoms with Gasteiger partial charge >= 0.3 is 0 Å². The number of fused-ring (bicyclic) bond motifs is 1. The fourth-order valence-electron chi connectivity index (χ4n) is 3.35. The molecule has 0 spiro atoms. The molecule has 5 heteroatoms. The van der Waals surface area contributed by atoms with Crippen molar-refractivity contribution in [1.29, 1.82) is 0 Å². The Bertz CT molecular complexity index is 1110. The maximum atomic E-state index is 12.9. The summed E-state index contributed by atoms with van der Waals surface area (Å²) in [5.74, 6) is 0.701. The molecule has 4 rings (SSSR count). The SMILES string of the molecule is CCOc1ccc(CNC(=O)c2cc3occc3n2Cc2ccc(C)cc2)cc1. The van der Waals surface area contributed by atoms with E-state index in [1.165, 1.54) is 5.56 Å². The van der Waals surface area contributed by atoms with Crippen LogP contribution in [0.5, 0.6) is 5.75 Å². The van der Waals surface area contributed by atoms with Crippen molar-refractivity contribution < 1.29 is 13.9 Å². The lowest BCUT2D eigenvalue weighted by molar-refractivity contribution is 0.0942. The van der Waals surface area contributed by atoms with Crippen LogP contribution in [0.2, 0.25) is 0 Å². The first-order valence-electron chi connectivity index (χ1n) is 9.76. The predicted molar refractivity (Wildman–Crippen MR) is 113 cm³/mol. The molecule has 0 fully saturated rings. The maximum absolute atomic E-state index is 12.9. The highest BCUT2D eigenvalue weighted by Gasteiger charge is 2.17. The number of nitrogens with one attached hydrogen (secondary N) is 1. The molecule has 2 aromatic carbocycles. The minimum atomic E-state index is -0.127. The summed E-state index contributed by atoms with van der Waals surface area (Å²) >= 11 is 0. The number of rotatable bonds is 7. The number of hydrogen-bond donors (Lipinski definition) is 1. The molecule has 0 saturated heterocycles. The van der Waals surface area contributed by atoms with Crippen LogP contribution in [0.25, 0.3) is 11.1 Å². The molecular formula is C24H24N2O3. The van der Waals surface area contributed by atoms with E-state index in [1.54, 1.807) is 12.3 Å². The second-order valence-corrected chi connectivity index (χ2v) is 7.03. The van der Waals surface area contributed by atoms with E-state index in [1.807, 2.05) is 41.8 Å². The summed E-state index contributed by atoms with van der Waals surface area (Å²) in [6.45, 7) is 5.70. The van der Waals surface area contributed by atoms with Crippen molar-refractivity contribution in [2.45, 2.75) is 26.9 Å². The molecular weight excluding hydrogens is 364 g/mol. The van der Waals surface area contributed by atoms with Gasteiger partial charge in [-0.2, -0.15) is 0 Å². The van der Waals surface area contributed by atoms with Gasteiger partial charge in [-0.3, -0.25) is 4.79 Å². The lowest BCUT2D eigenvalue weighted by Crippen LogP contribution is -2.25. The minimum Gasteiger partial charge on any atom is -0.494 e. The molecule has 0 saturated carbocycles. The Morgan fingerprint density at radius 2 is 1.76 bits per heavy atom. The number of aromatic nitrogens is 1. The summed E-state index contributed by atoms with van der Waals surface area (Å²) in [5, 5.41) is 3.01. The summed E-state index contributed by atoms with van der Waals surface area (Å²) in [7, 11) is 0. The number of carbonyl (C=O) groups is 1. The first-order valence-corrected chi connectivity index (χ1v) is 9.76. The van der Waals surface area contributed by atoms with Gasteiger partial charge in [-0.1, -0.05) is 42.0 Å². The molecule has 2 heterocycles. The van der Waals surface area contributed by atoms with Gasteiger partial charge in [0.15, 0.2) is 5.58 Å². The second-order valence-electron chi connectivity index (χ2n) is 7.03. The van der Waals surface area contributed by atoms with Gasteiger partial charge in [-0.05, 0) is 37.1 Å². The van der Waals surface area contributed by atoms with Crippen molar-refractivity contribution in [3.8, 4) is 5.75 Å². The first-order chi connectivity index (χ1) is 14.1. The van der Waals surface area contributed by atoms with E-state index < -0.39 is 0 Å². The Hall–Kier alpha value is -3.47. The molecule has 29 heavy (non-hydrogen) atoms. The Morgan fingerprint density at radius 1 is 1.03 bits per heavy atom. The van der Waals surface area contributed by atoms with Gasteiger partial charge in [0.1, 0.15) is 11.4 Å². The largest absolute Gasteiger partial charge is 0.494 e. The average Bonchev–Trinajstić information content (AvgIpc) is 3.32. The van der Waals surface area contributed by atoms with Gasteiger partial charge in [-0.25, -0.2) is 0 Å². The third-order valence-electron chi connectivity index (χ3n) is 4.90. The van der Waals surface area contributed by atoms with Crippen LogP contribution in [-0.4, -0.2) is 17.1 Å². The molecule has 0 aliphatic rings. The second kappa shape index (κ2) is 8.27. The molecule has 0 unspecified atom stereocenters. The average molecular weight is 388 g/mol. The fraction of sp³-hybridized carbons (Fsp3) is 0.208. The minimum absolute atomic E-state index is 0.127. The number of nitrogens with zero attached hydrogens (tertiary/aromatic N) is 1. The molecule has 1 amide bonds. The summed E-state index contributed by atoms with van der Waals surface area (Å²) in [4.78, 5) is 12.9. The Balaban J connectivity index is 1.52. The van der Waals surface area contributed by atoms with Crippen molar-refractivity contribution in [2.75, 3.05) is 6.61 Å². The van der Waals surface area contributed by atoms with Crippen molar-refractivity contribution in [2.24, 2.45) is 0 Å². The van der Waals surface area contributed by atoms with E-state index in [2.05, 4.69) is 36.5 Å². The predicted octanol–water partition coefficient (Wildman–Crippen LogP) is 4.92. The monoisotopic (exact) mass is 388 g/mol. The Kier molecular flexibility index (Phi) is 5.38. The van der Waals surface area contributed by atoms with Crippen molar-refractivity contribution in [3.05, 3.63) is 89.3 Å². The highest BCUT2D eigenvalue weighted by molar-refractivity contribution is 5.97. The molecule has 0 radical (unpaired) electrons. The van der Waals surface area contributed by atoms with E-state index in [4.69, 9.17) is 9.15 Å². The molecule has 0 aliphatic carbocycles. The molecule has 0 bridgehead atoms. The third-order valence-corrected chi connectivity index (χ3v) is 4.90. The first kappa shape index (κ1) is 18.9. The highest BCUT2D eigenvalue weighted by atomic mass is 16.5. The van der Waals surface area contributed by atoms with Crippen LogP contribution in [0.3, 0.4) is 0 Å². The highest BCUT2D eigenvalue weighted by Crippen LogP contribution is 2.23. The number of furan rings is 1. The number of benzene rings is 2. The zero-order valence-corrected chi connectivity index (χ0v) is 16.6. The van der Waals surface area contributed by atoms with E-state index in [0.717, 1.165) is 22.4 Å². The van der Waals surface area contributed by atoms with Gasteiger partial charge in [0, 0.05) is 25.2 Å². The smallest absolute Gasteiger partial charge is 0.268 e. The van der Waals surface area contributed by atoms with Crippen LogP contribution >= 0.6 is 0 Å². The zero-order valence-electron chi connectivity index (χ0n) is 16.6. The molecule has 2 aromatic heterocycles. The van der Waals surface area contributed by atoms with Gasteiger partial charge in [0.25, 0.3) is 5.91 Å². The van der Waals surface area contributed by atoms with Crippen molar-refractivity contribution >= 4 is 17.0 Å². The van der Waals surface area contributed by atoms with Gasteiger partial charge in [0.2, 0.25) is 0 Å². The van der Waals surface area contributed by atoms with Crippen LogP contribution in [0, 0.1) is 6.92 Å². The number of hydrogen-bond acceptors (Lipinski definition) is 3. The molecule has 0 atom stereocenters. The van der Waals surface area contributed by atoms with Gasteiger partial charge < -0.3 is 19.0 Å². The third kappa shape index (κ3) is 4.19. The van der Waals surface area contributed by atoms with Crippen LogP contribution in [0.1, 0.15) is 34.1 Å². The standard InChI is InChI=1S/C24H24N2O3/c1-3-28-20-10-8-18(9-11-20)15-25-24(27)22-14-23-21(12-13-29-23)26(22)16-19-6-4-17(2)5-7-19/h4-14H,3,15-16H2,1-2H3,(H,25,27). The number of aryl methyl sites for hydroxylation is 1. The number of carbonyl (C=O) groups excluding carboxylic acids is 1. The summed E-state index contributed by atoms with van der Waals surface area (Å²) in [6, 6.07) is 19.8. The van der Waals surface area contributed by atoms with Gasteiger partial charge in [0.05, 0.1) is 18.4 Å².